The summed E-state index contributed by atoms with van der Waals surface area (Å²) in [6, 6.07) is 7.80. The second-order valence-electron chi connectivity index (χ2n) is 6.33. The summed E-state index contributed by atoms with van der Waals surface area (Å²) in [5, 5.41) is 12.2. The molecule has 6 heteroatoms. The van der Waals surface area contributed by atoms with Gasteiger partial charge in [0.1, 0.15) is 5.82 Å². The van der Waals surface area contributed by atoms with Gasteiger partial charge in [-0.25, -0.2) is 0 Å². The maximum atomic E-state index is 12.1. The molecule has 136 valence electrons. The van der Waals surface area contributed by atoms with Crippen molar-refractivity contribution < 1.29 is 4.79 Å². The highest BCUT2D eigenvalue weighted by atomic mass is 32.2. The van der Waals surface area contributed by atoms with Crippen molar-refractivity contribution >= 4 is 23.4 Å². The van der Waals surface area contributed by atoms with Gasteiger partial charge >= 0.3 is 0 Å². The summed E-state index contributed by atoms with van der Waals surface area (Å²) in [6.07, 6.45) is 7.18. The van der Waals surface area contributed by atoms with Crippen LogP contribution in [0.2, 0.25) is 0 Å². The van der Waals surface area contributed by atoms with Crippen molar-refractivity contribution in [2.45, 2.75) is 57.5 Å². The molecule has 0 radical (unpaired) electrons. The number of unbranched alkanes of at least 4 members (excludes halogenated alkanes) is 4. The van der Waals surface area contributed by atoms with Crippen LogP contribution in [-0.4, -0.2) is 26.4 Å². The lowest BCUT2D eigenvalue weighted by molar-refractivity contribution is -0.113. The zero-order chi connectivity index (χ0) is 18.1. The molecule has 0 saturated heterocycles. The van der Waals surface area contributed by atoms with Crippen molar-refractivity contribution in [2.24, 2.45) is 7.05 Å². The first-order chi connectivity index (χ1) is 12.1. The van der Waals surface area contributed by atoms with Gasteiger partial charge in [-0.3, -0.25) is 4.79 Å². The molecule has 1 aromatic carbocycles. The number of rotatable bonds is 10. The number of nitrogens with zero attached hydrogens (tertiary/aromatic N) is 3. The maximum absolute atomic E-state index is 12.1. The minimum atomic E-state index is -0.0280. The lowest BCUT2D eigenvalue weighted by atomic mass is 10.1. The second kappa shape index (κ2) is 10.2. The number of benzene rings is 1. The van der Waals surface area contributed by atoms with E-state index in [2.05, 4.69) is 22.4 Å². The Balaban J connectivity index is 1.77. The second-order valence-corrected chi connectivity index (χ2v) is 7.27. The van der Waals surface area contributed by atoms with Gasteiger partial charge in [-0.05, 0) is 31.0 Å². The van der Waals surface area contributed by atoms with Gasteiger partial charge in [0.25, 0.3) is 0 Å². The third-order valence-corrected chi connectivity index (χ3v) is 5.08. The van der Waals surface area contributed by atoms with Crippen LogP contribution in [0, 0.1) is 6.92 Å². The number of aromatic nitrogens is 3. The highest BCUT2D eigenvalue weighted by Gasteiger charge is 2.11. The van der Waals surface area contributed by atoms with Gasteiger partial charge in [-0.2, -0.15) is 0 Å². The highest BCUT2D eigenvalue weighted by Crippen LogP contribution is 2.18. The van der Waals surface area contributed by atoms with E-state index in [-0.39, 0.29) is 5.91 Å². The van der Waals surface area contributed by atoms with E-state index in [1.54, 1.807) is 0 Å². The van der Waals surface area contributed by atoms with Gasteiger partial charge in [0.05, 0.1) is 5.75 Å². The lowest BCUT2D eigenvalue weighted by Gasteiger charge is -2.06. The first-order valence-corrected chi connectivity index (χ1v) is 9.96. The van der Waals surface area contributed by atoms with Crippen LogP contribution in [0.25, 0.3) is 0 Å². The molecular formula is C19H28N4OS. The van der Waals surface area contributed by atoms with Crippen LogP contribution in [0.3, 0.4) is 0 Å². The molecule has 0 spiro atoms. The fourth-order valence-electron chi connectivity index (χ4n) is 2.63. The quantitative estimate of drug-likeness (QED) is 0.505. The Morgan fingerprint density at radius 3 is 2.76 bits per heavy atom. The average molecular weight is 361 g/mol. The average Bonchev–Trinajstić information content (AvgIpc) is 2.93. The first-order valence-electron chi connectivity index (χ1n) is 8.97. The summed E-state index contributed by atoms with van der Waals surface area (Å²) in [4.78, 5) is 12.1. The van der Waals surface area contributed by atoms with Crippen molar-refractivity contribution in [3.05, 3.63) is 35.7 Å². The van der Waals surface area contributed by atoms with Crippen LogP contribution in [0.5, 0.6) is 0 Å². The van der Waals surface area contributed by atoms with E-state index >= 15 is 0 Å². The number of carbonyl (C=O) groups is 1. The molecule has 2 aromatic rings. The van der Waals surface area contributed by atoms with Crippen molar-refractivity contribution in [2.75, 3.05) is 11.1 Å². The van der Waals surface area contributed by atoms with Crippen LogP contribution in [0.1, 0.15) is 50.4 Å². The van der Waals surface area contributed by atoms with Crippen LogP contribution in [0.4, 0.5) is 5.69 Å². The van der Waals surface area contributed by atoms with Crippen LogP contribution in [0.15, 0.2) is 29.4 Å². The molecule has 0 bridgehead atoms. The van der Waals surface area contributed by atoms with Crippen LogP contribution >= 0.6 is 11.8 Å². The number of carbonyl (C=O) groups excluding carboxylic acids is 1. The van der Waals surface area contributed by atoms with Crippen LogP contribution < -0.4 is 5.32 Å². The minimum Gasteiger partial charge on any atom is -0.325 e. The Bertz CT molecular complexity index is 684. The number of nitrogens with one attached hydrogen (secondary N) is 1. The van der Waals surface area contributed by atoms with Gasteiger partial charge < -0.3 is 9.88 Å². The molecule has 5 nitrogen and oxygen atoms in total. The Hall–Kier alpha value is -1.82. The van der Waals surface area contributed by atoms with E-state index in [0.29, 0.717) is 5.75 Å². The van der Waals surface area contributed by atoms with E-state index in [1.807, 2.05) is 42.8 Å². The van der Waals surface area contributed by atoms with E-state index in [1.165, 1.54) is 37.4 Å². The molecule has 25 heavy (non-hydrogen) atoms. The summed E-state index contributed by atoms with van der Waals surface area (Å²) < 4.78 is 2.00. The summed E-state index contributed by atoms with van der Waals surface area (Å²) >= 11 is 1.42. The number of aryl methyl sites for hydroxylation is 2. The molecule has 1 amide bonds. The molecule has 0 aliphatic heterocycles. The van der Waals surface area contributed by atoms with E-state index < -0.39 is 0 Å². The van der Waals surface area contributed by atoms with E-state index in [0.717, 1.165) is 35.1 Å². The third kappa shape index (κ3) is 6.53. The monoisotopic (exact) mass is 360 g/mol. The summed E-state index contributed by atoms with van der Waals surface area (Å²) in [5.41, 5.74) is 1.96. The van der Waals surface area contributed by atoms with Crippen molar-refractivity contribution in [3.8, 4) is 0 Å². The zero-order valence-corrected chi connectivity index (χ0v) is 16.2. The Morgan fingerprint density at radius 1 is 1.20 bits per heavy atom. The molecular weight excluding hydrogens is 332 g/mol. The minimum absolute atomic E-state index is 0.0280. The molecule has 1 N–H and O–H groups in total. The van der Waals surface area contributed by atoms with Crippen molar-refractivity contribution in [1.82, 2.24) is 14.8 Å². The Kier molecular flexibility index (Phi) is 7.98. The molecule has 1 aromatic heterocycles. The number of thioether (sulfide) groups is 1. The number of anilines is 1. The molecule has 0 saturated carbocycles. The zero-order valence-electron chi connectivity index (χ0n) is 15.4. The summed E-state index contributed by atoms with van der Waals surface area (Å²) in [7, 11) is 1.97. The third-order valence-electron chi connectivity index (χ3n) is 4.06. The molecule has 0 atom stereocenters. The van der Waals surface area contributed by atoms with Gasteiger partial charge in [0.2, 0.25) is 5.91 Å². The standard InChI is InChI=1S/C19H28N4OS/c1-4-5-6-7-8-12-17-21-22-19(23(17)3)25-14-18(24)20-16-11-9-10-15(2)13-16/h9-11,13H,4-8,12,14H2,1-3H3,(H,20,24). The van der Waals surface area contributed by atoms with Crippen molar-refractivity contribution in [3.63, 3.8) is 0 Å². The van der Waals surface area contributed by atoms with Crippen molar-refractivity contribution in [1.29, 1.82) is 0 Å². The fraction of sp³-hybridized carbons (Fsp3) is 0.526. The molecule has 0 unspecified atom stereocenters. The first kappa shape index (κ1) is 19.5. The number of hydrogen-bond acceptors (Lipinski definition) is 4. The molecule has 0 aliphatic carbocycles. The van der Waals surface area contributed by atoms with Gasteiger partial charge in [-0.1, -0.05) is 56.5 Å². The Labute approximate surface area is 154 Å². The topological polar surface area (TPSA) is 59.8 Å². The summed E-state index contributed by atoms with van der Waals surface area (Å²) in [6.45, 7) is 4.23. The smallest absolute Gasteiger partial charge is 0.234 e. The Morgan fingerprint density at radius 2 is 2.00 bits per heavy atom. The van der Waals surface area contributed by atoms with E-state index in [4.69, 9.17) is 0 Å². The summed E-state index contributed by atoms with van der Waals surface area (Å²) in [5.74, 6) is 1.30. The predicted molar refractivity (Wildman–Crippen MR) is 104 cm³/mol. The van der Waals surface area contributed by atoms with Gasteiger partial charge in [-0.15, -0.1) is 10.2 Å². The number of amides is 1. The molecule has 1 heterocycles. The highest BCUT2D eigenvalue weighted by molar-refractivity contribution is 7.99. The van der Waals surface area contributed by atoms with E-state index in [9.17, 15) is 4.79 Å². The largest absolute Gasteiger partial charge is 0.325 e. The van der Waals surface area contributed by atoms with Crippen LogP contribution in [-0.2, 0) is 18.3 Å². The maximum Gasteiger partial charge on any atom is 0.234 e. The molecule has 0 aliphatic rings. The van der Waals surface area contributed by atoms with Gasteiger partial charge in [0.15, 0.2) is 5.16 Å². The number of hydrogen-bond donors (Lipinski definition) is 1. The molecule has 2 rings (SSSR count). The normalized spacial score (nSPS) is 10.8. The van der Waals surface area contributed by atoms with Gasteiger partial charge in [0, 0.05) is 19.2 Å². The SMILES string of the molecule is CCCCCCCc1nnc(SCC(=O)Nc2cccc(C)c2)n1C. The fourth-order valence-corrected chi connectivity index (χ4v) is 3.36. The lowest BCUT2D eigenvalue weighted by Crippen LogP contribution is -2.14. The molecule has 0 fully saturated rings. The predicted octanol–water partition coefficient (Wildman–Crippen LogP) is 4.37.